The Labute approximate surface area is 277 Å². The summed E-state index contributed by atoms with van der Waals surface area (Å²) in [5.41, 5.74) is 2.05. The number of methoxy groups -OCH3 is 2. The number of halogens is 2. The minimum atomic E-state index is -0.752. The summed E-state index contributed by atoms with van der Waals surface area (Å²) >= 11 is 14.1. The molecule has 2 heterocycles. The van der Waals surface area contributed by atoms with Gasteiger partial charge in [0.2, 0.25) is 0 Å². The normalized spacial score (nSPS) is 12.4. The standard InChI is InChI=1S/C33H35Cl2N3O6S/c1-38(2)14-15-43-33(40)31(21-8-6-5-7-9-21)37-18-23-11-13-30(45-23)32(39)44-28(17-24-25(34)19-36-20-26(24)35)22-10-12-27(41-3)29(16-22)42-4/h5-13,16,19-20,28,31,37H,14-15,17-18H2,1-4H3/t28-,31?/m0/s1. The summed E-state index contributed by atoms with van der Waals surface area (Å²) in [4.78, 5) is 33.7. The molecule has 2 aromatic heterocycles. The Morgan fingerprint density at radius 2 is 1.64 bits per heavy atom. The van der Waals surface area contributed by atoms with E-state index in [4.69, 9.17) is 42.1 Å². The van der Waals surface area contributed by atoms with E-state index in [-0.39, 0.29) is 19.0 Å². The maximum Gasteiger partial charge on any atom is 0.348 e. The Hall–Kier alpha value is -3.67. The Kier molecular flexibility index (Phi) is 12.6. The molecule has 0 aliphatic heterocycles. The number of aromatic nitrogens is 1. The molecule has 1 unspecified atom stereocenters. The van der Waals surface area contributed by atoms with Gasteiger partial charge in [0.25, 0.3) is 0 Å². The highest BCUT2D eigenvalue weighted by Gasteiger charge is 2.25. The van der Waals surface area contributed by atoms with Crippen molar-refractivity contribution < 1.29 is 28.5 Å². The van der Waals surface area contributed by atoms with E-state index in [0.29, 0.717) is 50.6 Å². The van der Waals surface area contributed by atoms with Crippen molar-refractivity contribution in [3.05, 3.63) is 110 Å². The first-order valence-corrected chi connectivity index (χ1v) is 15.7. The molecule has 45 heavy (non-hydrogen) atoms. The van der Waals surface area contributed by atoms with Crippen molar-refractivity contribution in [3.8, 4) is 11.5 Å². The second kappa shape index (κ2) is 16.6. The smallest absolute Gasteiger partial charge is 0.348 e. The van der Waals surface area contributed by atoms with Crippen LogP contribution < -0.4 is 14.8 Å². The molecule has 0 spiro atoms. The molecule has 0 aliphatic carbocycles. The number of likely N-dealkylation sites (N-methyl/N-ethyl adjacent to an activating group) is 1. The van der Waals surface area contributed by atoms with Crippen LogP contribution in [0.5, 0.6) is 11.5 Å². The summed E-state index contributed by atoms with van der Waals surface area (Å²) in [5.74, 6) is 0.137. The summed E-state index contributed by atoms with van der Waals surface area (Å²) in [6, 6.07) is 17.5. The van der Waals surface area contributed by atoms with Crippen molar-refractivity contribution in [3.63, 3.8) is 0 Å². The van der Waals surface area contributed by atoms with E-state index in [1.54, 1.807) is 31.4 Å². The van der Waals surface area contributed by atoms with E-state index >= 15 is 0 Å². The molecule has 1 N–H and O–H groups in total. The van der Waals surface area contributed by atoms with E-state index in [1.807, 2.05) is 55.4 Å². The lowest BCUT2D eigenvalue weighted by Crippen LogP contribution is -2.31. The van der Waals surface area contributed by atoms with Gasteiger partial charge in [0.15, 0.2) is 11.5 Å². The number of carbonyl (C=O) groups excluding carboxylic acids is 2. The van der Waals surface area contributed by atoms with Crippen LogP contribution in [0.4, 0.5) is 0 Å². The molecule has 12 heteroatoms. The number of nitrogens with zero attached hydrogens (tertiary/aromatic N) is 2. The van der Waals surface area contributed by atoms with E-state index in [0.717, 1.165) is 10.4 Å². The predicted octanol–water partition coefficient (Wildman–Crippen LogP) is 6.54. The van der Waals surface area contributed by atoms with E-state index in [1.165, 1.54) is 30.8 Å². The van der Waals surface area contributed by atoms with Crippen molar-refractivity contribution in [1.82, 2.24) is 15.2 Å². The summed E-state index contributed by atoms with van der Waals surface area (Å²) in [6.45, 7) is 1.23. The molecule has 0 bridgehead atoms. The first-order valence-electron chi connectivity index (χ1n) is 14.1. The van der Waals surface area contributed by atoms with Crippen molar-refractivity contribution >= 4 is 46.5 Å². The maximum absolute atomic E-state index is 13.5. The van der Waals surface area contributed by atoms with Gasteiger partial charge in [-0.15, -0.1) is 11.3 Å². The quantitative estimate of drug-likeness (QED) is 0.141. The third-order valence-corrected chi connectivity index (χ3v) is 8.58. The zero-order chi connectivity index (χ0) is 32.3. The summed E-state index contributed by atoms with van der Waals surface area (Å²) in [7, 11) is 6.91. The van der Waals surface area contributed by atoms with Crippen molar-refractivity contribution in [1.29, 1.82) is 0 Å². The van der Waals surface area contributed by atoms with Crippen molar-refractivity contribution in [2.75, 3.05) is 41.5 Å². The molecule has 0 fully saturated rings. The second-order valence-corrected chi connectivity index (χ2v) is 12.2. The first kappa shape index (κ1) is 34.2. The number of esters is 2. The molecule has 0 saturated heterocycles. The summed E-state index contributed by atoms with van der Waals surface area (Å²) in [5, 5.41) is 4.01. The van der Waals surface area contributed by atoms with Gasteiger partial charge in [-0.3, -0.25) is 10.3 Å². The molecule has 0 radical (unpaired) electrons. The van der Waals surface area contributed by atoms with Gasteiger partial charge in [-0.2, -0.15) is 0 Å². The average Bonchev–Trinajstić information content (AvgIpc) is 3.51. The van der Waals surface area contributed by atoms with Gasteiger partial charge in [0.1, 0.15) is 23.6 Å². The number of hydrogen-bond acceptors (Lipinski definition) is 10. The van der Waals surface area contributed by atoms with E-state index < -0.39 is 18.1 Å². The van der Waals surface area contributed by atoms with Crippen LogP contribution in [0.3, 0.4) is 0 Å². The fourth-order valence-electron chi connectivity index (χ4n) is 4.47. The topological polar surface area (TPSA) is 99.2 Å². The van der Waals surface area contributed by atoms with Gasteiger partial charge in [0, 0.05) is 36.8 Å². The van der Waals surface area contributed by atoms with Gasteiger partial charge < -0.3 is 23.8 Å². The third kappa shape index (κ3) is 9.42. The van der Waals surface area contributed by atoms with Crippen LogP contribution in [0.1, 0.15) is 43.4 Å². The number of ether oxygens (including phenoxy) is 4. The Morgan fingerprint density at radius 3 is 2.31 bits per heavy atom. The number of nitrogens with one attached hydrogen (secondary N) is 1. The molecule has 0 aliphatic rings. The molecule has 2 aromatic carbocycles. The van der Waals surface area contributed by atoms with Crippen LogP contribution in [-0.4, -0.2) is 63.3 Å². The fraction of sp³-hybridized carbons (Fsp3) is 0.303. The van der Waals surface area contributed by atoms with Crippen LogP contribution in [0.25, 0.3) is 0 Å². The van der Waals surface area contributed by atoms with Gasteiger partial charge in [-0.25, -0.2) is 9.59 Å². The van der Waals surface area contributed by atoms with Gasteiger partial charge in [-0.05, 0) is 55.1 Å². The molecule has 4 aromatic rings. The lowest BCUT2D eigenvalue weighted by molar-refractivity contribution is -0.146. The highest BCUT2D eigenvalue weighted by Crippen LogP contribution is 2.36. The number of thiophene rings is 1. The molecule has 0 amide bonds. The van der Waals surface area contributed by atoms with Crippen LogP contribution in [0.2, 0.25) is 10.0 Å². The van der Waals surface area contributed by atoms with E-state index in [2.05, 4.69) is 10.3 Å². The van der Waals surface area contributed by atoms with Crippen molar-refractivity contribution in [2.45, 2.75) is 25.1 Å². The molecular formula is C33H35Cl2N3O6S. The van der Waals surface area contributed by atoms with Gasteiger partial charge in [0.05, 0.1) is 24.3 Å². The molecule has 2 atom stereocenters. The second-order valence-electron chi connectivity index (χ2n) is 10.3. The highest BCUT2D eigenvalue weighted by atomic mass is 35.5. The molecule has 0 saturated carbocycles. The predicted molar refractivity (Wildman–Crippen MR) is 176 cm³/mol. The zero-order valence-electron chi connectivity index (χ0n) is 25.4. The van der Waals surface area contributed by atoms with Crippen LogP contribution in [-0.2, 0) is 27.2 Å². The Morgan fingerprint density at radius 1 is 0.933 bits per heavy atom. The minimum Gasteiger partial charge on any atom is -0.493 e. The fourth-order valence-corrected chi connectivity index (χ4v) is 5.83. The lowest BCUT2D eigenvalue weighted by atomic mass is 10.0. The molecular weight excluding hydrogens is 637 g/mol. The monoisotopic (exact) mass is 671 g/mol. The maximum atomic E-state index is 13.5. The zero-order valence-corrected chi connectivity index (χ0v) is 27.7. The SMILES string of the molecule is COc1ccc([C@H](Cc2c(Cl)cncc2Cl)OC(=O)c2ccc(CNC(C(=O)OCCN(C)C)c3ccccc3)s2)cc1OC. The van der Waals surface area contributed by atoms with Crippen molar-refractivity contribution in [2.24, 2.45) is 0 Å². The highest BCUT2D eigenvalue weighted by molar-refractivity contribution is 7.13. The average molecular weight is 673 g/mol. The minimum absolute atomic E-state index is 0.204. The largest absolute Gasteiger partial charge is 0.493 e. The molecule has 9 nitrogen and oxygen atoms in total. The third-order valence-electron chi connectivity index (χ3n) is 6.87. The number of carbonyl (C=O) groups is 2. The number of pyridine rings is 1. The summed E-state index contributed by atoms with van der Waals surface area (Å²) < 4.78 is 22.4. The van der Waals surface area contributed by atoms with Crippen LogP contribution >= 0.6 is 34.5 Å². The number of benzene rings is 2. The first-order chi connectivity index (χ1) is 21.7. The molecule has 4 rings (SSSR count). The van der Waals surface area contributed by atoms with Crippen LogP contribution in [0.15, 0.2) is 73.1 Å². The van der Waals surface area contributed by atoms with Gasteiger partial charge in [-0.1, -0.05) is 59.6 Å². The van der Waals surface area contributed by atoms with E-state index in [9.17, 15) is 9.59 Å². The Bertz CT molecular complexity index is 1560. The lowest BCUT2D eigenvalue weighted by Gasteiger charge is -2.20. The Balaban J connectivity index is 1.51. The number of rotatable bonds is 15. The van der Waals surface area contributed by atoms with Gasteiger partial charge >= 0.3 is 11.9 Å². The molecule has 238 valence electrons. The number of hydrogen-bond donors (Lipinski definition) is 1. The summed E-state index contributed by atoms with van der Waals surface area (Å²) in [6.07, 6.45) is 2.44. The van der Waals surface area contributed by atoms with Crippen LogP contribution in [0, 0.1) is 0 Å².